The minimum Gasteiger partial charge on any atom is -0.461 e. The van der Waals surface area contributed by atoms with Crippen LogP contribution in [-0.2, 0) is 0 Å². The van der Waals surface area contributed by atoms with Gasteiger partial charge in [0, 0.05) is 6.04 Å². The molecule has 0 aliphatic heterocycles. The number of aromatic nitrogens is 5. The van der Waals surface area contributed by atoms with Crippen molar-refractivity contribution in [1.29, 1.82) is 0 Å². The zero-order chi connectivity index (χ0) is 19.6. The van der Waals surface area contributed by atoms with Gasteiger partial charge in [-0.05, 0) is 43.3 Å². The molecule has 0 amide bonds. The second-order valence-corrected chi connectivity index (χ2v) is 9.38. The van der Waals surface area contributed by atoms with Gasteiger partial charge in [-0.15, -0.1) is 31.7 Å². The molecule has 1 atom stereocenters. The number of rotatable bonds is 6. The molecular formula is C20H21N5O2S2. The van der Waals surface area contributed by atoms with Gasteiger partial charge in [-0.3, -0.25) is 4.57 Å². The predicted octanol–water partition coefficient (Wildman–Crippen LogP) is 6.01. The highest BCUT2D eigenvalue weighted by atomic mass is 32.2. The lowest BCUT2D eigenvalue weighted by Crippen LogP contribution is -2.15. The van der Waals surface area contributed by atoms with Gasteiger partial charge in [-0.2, -0.15) is 0 Å². The summed E-state index contributed by atoms with van der Waals surface area (Å²) in [4.78, 5) is 0.978. The van der Waals surface area contributed by atoms with Gasteiger partial charge in [0.05, 0.1) is 16.4 Å². The topological polar surface area (TPSA) is 82.8 Å². The second kappa shape index (κ2) is 8.16. The lowest BCUT2D eigenvalue weighted by molar-refractivity contribution is 0.337. The van der Waals surface area contributed by atoms with Gasteiger partial charge in [0.2, 0.25) is 11.7 Å². The fraction of sp³-hybridized carbons (Fsp3) is 0.400. The average Bonchev–Trinajstić information content (AvgIpc) is 3.55. The number of thiophene rings is 1. The van der Waals surface area contributed by atoms with Crippen LogP contribution in [0.2, 0.25) is 0 Å². The highest BCUT2D eigenvalue weighted by Crippen LogP contribution is 2.40. The predicted molar refractivity (Wildman–Crippen MR) is 112 cm³/mol. The van der Waals surface area contributed by atoms with Gasteiger partial charge in [0.25, 0.3) is 5.89 Å². The number of furan rings is 1. The Balaban J connectivity index is 1.43. The van der Waals surface area contributed by atoms with Crippen LogP contribution in [0.1, 0.15) is 56.2 Å². The van der Waals surface area contributed by atoms with Crippen molar-refractivity contribution in [2.24, 2.45) is 0 Å². The minimum atomic E-state index is -0.0350. The highest BCUT2D eigenvalue weighted by molar-refractivity contribution is 7.99. The first-order valence-electron chi connectivity index (χ1n) is 9.82. The van der Waals surface area contributed by atoms with Crippen LogP contribution in [0.15, 0.2) is 49.9 Å². The maximum Gasteiger partial charge on any atom is 0.257 e. The van der Waals surface area contributed by atoms with Gasteiger partial charge in [-0.25, -0.2) is 0 Å². The summed E-state index contributed by atoms with van der Waals surface area (Å²) in [5, 5.41) is 20.3. The van der Waals surface area contributed by atoms with Crippen LogP contribution in [0.3, 0.4) is 0 Å². The fourth-order valence-corrected chi connectivity index (χ4v) is 5.30. The summed E-state index contributed by atoms with van der Waals surface area (Å²) >= 11 is 3.19. The molecule has 7 nitrogen and oxygen atoms in total. The van der Waals surface area contributed by atoms with E-state index < -0.39 is 0 Å². The van der Waals surface area contributed by atoms with Gasteiger partial charge in [0.1, 0.15) is 0 Å². The van der Waals surface area contributed by atoms with E-state index in [0.29, 0.717) is 17.8 Å². The van der Waals surface area contributed by atoms with E-state index >= 15 is 0 Å². The molecule has 29 heavy (non-hydrogen) atoms. The number of thioether (sulfide) groups is 1. The quantitative estimate of drug-likeness (QED) is 0.349. The first kappa shape index (κ1) is 18.6. The van der Waals surface area contributed by atoms with E-state index in [2.05, 4.69) is 31.9 Å². The van der Waals surface area contributed by atoms with E-state index in [1.807, 2.05) is 29.6 Å². The number of hydrogen-bond donors (Lipinski definition) is 0. The molecule has 1 aliphatic rings. The Bertz CT molecular complexity index is 1050. The Labute approximate surface area is 176 Å². The zero-order valence-electron chi connectivity index (χ0n) is 16.0. The van der Waals surface area contributed by atoms with Crippen molar-refractivity contribution in [1.82, 2.24) is 25.0 Å². The van der Waals surface area contributed by atoms with Crippen molar-refractivity contribution in [2.45, 2.75) is 55.5 Å². The standard InChI is InChI=1S/C20H21N5O2S2/c1-13(18-22-23-19(27-18)16-10-6-12-28-16)29-20-24-21-17(15-9-5-11-26-15)25(20)14-7-3-2-4-8-14/h5-6,9-14H,2-4,7-8H2,1H3. The molecule has 0 N–H and O–H groups in total. The Hall–Kier alpha value is -2.39. The molecule has 4 aromatic rings. The Morgan fingerprint density at radius 2 is 2.00 bits per heavy atom. The molecule has 0 radical (unpaired) electrons. The van der Waals surface area contributed by atoms with Crippen LogP contribution in [0, 0.1) is 0 Å². The van der Waals surface area contributed by atoms with Crippen LogP contribution in [0.4, 0.5) is 0 Å². The van der Waals surface area contributed by atoms with E-state index in [1.165, 1.54) is 19.3 Å². The molecule has 0 spiro atoms. The van der Waals surface area contributed by atoms with Gasteiger partial charge in [0.15, 0.2) is 10.9 Å². The van der Waals surface area contributed by atoms with Crippen molar-refractivity contribution < 1.29 is 8.83 Å². The Morgan fingerprint density at radius 3 is 2.76 bits per heavy atom. The second-order valence-electron chi connectivity index (χ2n) is 7.13. The van der Waals surface area contributed by atoms with Crippen molar-refractivity contribution in [3.63, 3.8) is 0 Å². The normalized spacial score (nSPS) is 16.3. The molecule has 9 heteroatoms. The van der Waals surface area contributed by atoms with Crippen molar-refractivity contribution >= 4 is 23.1 Å². The Morgan fingerprint density at radius 1 is 1.10 bits per heavy atom. The number of nitrogens with zero attached hydrogens (tertiary/aromatic N) is 5. The summed E-state index contributed by atoms with van der Waals surface area (Å²) in [5.74, 6) is 2.70. The molecule has 1 aliphatic carbocycles. The van der Waals surface area contributed by atoms with Gasteiger partial charge < -0.3 is 8.83 Å². The Kier molecular flexibility index (Phi) is 5.24. The summed E-state index contributed by atoms with van der Waals surface area (Å²) < 4.78 is 13.8. The molecule has 1 unspecified atom stereocenters. The third-order valence-corrected chi connectivity index (χ3v) is 7.05. The molecule has 4 aromatic heterocycles. The number of hydrogen-bond acceptors (Lipinski definition) is 8. The van der Waals surface area contributed by atoms with Crippen molar-refractivity contribution in [2.75, 3.05) is 0 Å². The van der Waals surface area contributed by atoms with Crippen LogP contribution in [0.25, 0.3) is 22.4 Å². The molecule has 0 bridgehead atoms. The first-order valence-corrected chi connectivity index (χ1v) is 11.6. The van der Waals surface area contributed by atoms with Crippen LogP contribution in [-0.4, -0.2) is 25.0 Å². The molecular weight excluding hydrogens is 406 g/mol. The third kappa shape index (κ3) is 3.76. The van der Waals surface area contributed by atoms with E-state index in [9.17, 15) is 0 Å². The molecule has 1 fully saturated rings. The smallest absolute Gasteiger partial charge is 0.257 e. The fourth-order valence-electron chi connectivity index (χ4n) is 3.71. The molecule has 150 valence electrons. The lowest BCUT2D eigenvalue weighted by atomic mass is 9.95. The summed E-state index contributed by atoms with van der Waals surface area (Å²) in [6.45, 7) is 2.06. The van der Waals surface area contributed by atoms with E-state index in [0.717, 1.165) is 34.5 Å². The first-order chi connectivity index (χ1) is 14.3. The molecule has 1 saturated carbocycles. The maximum absolute atomic E-state index is 5.92. The highest BCUT2D eigenvalue weighted by Gasteiger charge is 2.27. The lowest BCUT2D eigenvalue weighted by Gasteiger charge is -2.25. The van der Waals surface area contributed by atoms with E-state index in [-0.39, 0.29) is 5.25 Å². The monoisotopic (exact) mass is 427 g/mol. The molecule has 5 rings (SSSR count). The summed E-state index contributed by atoms with van der Waals surface area (Å²) in [6.07, 6.45) is 7.70. The summed E-state index contributed by atoms with van der Waals surface area (Å²) in [6, 6.07) is 8.17. The summed E-state index contributed by atoms with van der Waals surface area (Å²) in [7, 11) is 0. The SMILES string of the molecule is CC(Sc1nnc(-c2ccco2)n1C1CCCCC1)c1nnc(-c2cccs2)o1. The average molecular weight is 428 g/mol. The van der Waals surface area contributed by atoms with E-state index in [1.54, 1.807) is 29.4 Å². The van der Waals surface area contributed by atoms with E-state index in [4.69, 9.17) is 8.83 Å². The molecule has 0 saturated heterocycles. The van der Waals surface area contributed by atoms with Gasteiger partial charge >= 0.3 is 0 Å². The van der Waals surface area contributed by atoms with Crippen LogP contribution in [0.5, 0.6) is 0 Å². The van der Waals surface area contributed by atoms with Crippen molar-refractivity contribution in [3.8, 4) is 22.4 Å². The van der Waals surface area contributed by atoms with Crippen LogP contribution >= 0.6 is 23.1 Å². The minimum absolute atomic E-state index is 0.0350. The maximum atomic E-state index is 5.92. The van der Waals surface area contributed by atoms with Crippen LogP contribution < -0.4 is 0 Å². The largest absolute Gasteiger partial charge is 0.461 e. The molecule has 0 aromatic carbocycles. The van der Waals surface area contributed by atoms with Crippen molar-refractivity contribution in [3.05, 3.63) is 41.8 Å². The zero-order valence-corrected chi connectivity index (χ0v) is 17.7. The third-order valence-electron chi connectivity index (χ3n) is 5.15. The van der Waals surface area contributed by atoms with Gasteiger partial charge in [-0.1, -0.05) is 37.1 Å². The molecule has 4 heterocycles. The summed E-state index contributed by atoms with van der Waals surface area (Å²) in [5.41, 5.74) is 0.